The van der Waals surface area contributed by atoms with Crippen molar-refractivity contribution >= 4 is 62.1 Å². The van der Waals surface area contributed by atoms with Crippen molar-refractivity contribution in [2.24, 2.45) is 0 Å². The molecule has 0 amide bonds. The van der Waals surface area contributed by atoms with Crippen LogP contribution in [0.1, 0.15) is 18.2 Å². The Bertz CT molecular complexity index is 1430. The van der Waals surface area contributed by atoms with Gasteiger partial charge in [0.25, 0.3) is 0 Å². The fourth-order valence-corrected chi connectivity index (χ4v) is 4.50. The van der Waals surface area contributed by atoms with Crippen molar-refractivity contribution in [1.82, 2.24) is 29.9 Å². The van der Waals surface area contributed by atoms with E-state index in [1.807, 2.05) is 37.3 Å². The molecular formula is C22H17ClIN7. The Hall–Kier alpha value is -2.85. The Morgan fingerprint density at radius 2 is 1.97 bits per heavy atom. The summed E-state index contributed by atoms with van der Waals surface area (Å²) in [5.74, 6) is 0.666. The highest BCUT2D eigenvalue weighted by Gasteiger charge is 2.30. The molecule has 4 heterocycles. The minimum atomic E-state index is -0.564. The number of imidazole rings is 1. The van der Waals surface area contributed by atoms with Crippen molar-refractivity contribution < 1.29 is 0 Å². The summed E-state index contributed by atoms with van der Waals surface area (Å²) in [6.07, 6.45) is 4.89. The summed E-state index contributed by atoms with van der Waals surface area (Å²) in [4.78, 5) is 25.4. The number of para-hydroxylation sites is 1. The average Bonchev–Trinajstić information content (AvgIpc) is 3.24. The largest absolute Gasteiger partial charge is 0.350 e. The van der Waals surface area contributed by atoms with E-state index in [2.05, 4.69) is 65.8 Å². The molecule has 1 unspecified atom stereocenters. The Morgan fingerprint density at radius 3 is 2.81 bits per heavy atom. The molecule has 154 valence electrons. The molecule has 0 saturated heterocycles. The van der Waals surface area contributed by atoms with Gasteiger partial charge in [0, 0.05) is 28.4 Å². The van der Waals surface area contributed by atoms with E-state index in [0.717, 1.165) is 38.9 Å². The first kappa shape index (κ1) is 20.1. The van der Waals surface area contributed by atoms with E-state index in [9.17, 15) is 0 Å². The normalized spacial score (nSPS) is 13.4. The van der Waals surface area contributed by atoms with E-state index < -0.39 is 3.55 Å². The van der Waals surface area contributed by atoms with Crippen molar-refractivity contribution in [1.29, 1.82) is 0 Å². The summed E-state index contributed by atoms with van der Waals surface area (Å²) >= 11 is 8.86. The molecule has 5 rings (SSSR count). The molecule has 4 aromatic heterocycles. The zero-order valence-electron chi connectivity index (χ0n) is 16.7. The highest BCUT2D eigenvalue weighted by Crippen LogP contribution is 2.41. The van der Waals surface area contributed by atoms with Crippen molar-refractivity contribution in [3.05, 3.63) is 71.5 Å². The molecule has 9 heteroatoms. The number of rotatable bonds is 4. The summed E-state index contributed by atoms with van der Waals surface area (Å²) in [7, 11) is 0. The van der Waals surface area contributed by atoms with Crippen LogP contribution in [-0.2, 0) is 3.55 Å². The highest BCUT2D eigenvalue weighted by molar-refractivity contribution is 14.1. The molecule has 0 radical (unpaired) electrons. The molecule has 0 aliphatic heterocycles. The number of benzene rings is 1. The van der Waals surface area contributed by atoms with Gasteiger partial charge in [-0.2, -0.15) is 0 Å². The second kappa shape index (κ2) is 7.69. The number of pyridine rings is 2. The van der Waals surface area contributed by atoms with Gasteiger partial charge in [-0.15, -0.1) is 0 Å². The van der Waals surface area contributed by atoms with Crippen LogP contribution in [0, 0.1) is 6.92 Å². The number of halogens is 2. The molecule has 0 spiro atoms. The molecule has 2 N–H and O–H groups in total. The topological polar surface area (TPSA) is 92.3 Å². The Labute approximate surface area is 196 Å². The van der Waals surface area contributed by atoms with Gasteiger partial charge in [-0.3, -0.25) is 4.98 Å². The third kappa shape index (κ3) is 3.59. The van der Waals surface area contributed by atoms with Gasteiger partial charge in [0.05, 0.1) is 22.6 Å². The van der Waals surface area contributed by atoms with Crippen molar-refractivity contribution in [2.45, 2.75) is 17.4 Å². The molecule has 1 atom stereocenters. The minimum Gasteiger partial charge on any atom is -0.350 e. The molecule has 1 aromatic carbocycles. The maximum absolute atomic E-state index is 6.48. The summed E-state index contributed by atoms with van der Waals surface area (Å²) in [5, 5.41) is 5.12. The number of hydrogen-bond acceptors (Lipinski definition) is 6. The minimum absolute atomic E-state index is 0.564. The smallest absolute Gasteiger partial charge is 0.182 e. The summed E-state index contributed by atoms with van der Waals surface area (Å²) in [6.45, 7) is 4.06. The lowest BCUT2D eigenvalue weighted by atomic mass is 9.97. The predicted molar refractivity (Wildman–Crippen MR) is 131 cm³/mol. The first-order chi connectivity index (χ1) is 14.9. The van der Waals surface area contributed by atoms with Crippen molar-refractivity contribution in [2.75, 3.05) is 5.32 Å². The number of anilines is 1. The SMILES string of the molecule is Cc1ncccc1-c1nc2c(Cl)cccc2cc1C(C)(I)Nc1ncnc2nc[nH]c12. The number of nitrogens with zero attached hydrogens (tertiary/aromatic N) is 5. The van der Waals surface area contributed by atoms with Gasteiger partial charge in [0.15, 0.2) is 11.5 Å². The van der Waals surface area contributed by atoms with Crippen LogP contribution in [0.4, 0.5) is 5.82 Å². The zero-order valence-corrected chi connectivity index (χ0v) is 19.6. The fourth-order valence-electron chi connectivity index (χ4n) is 3.61. The standard InChI is InChI=1S/C22H17ClIN7/c1-12-14(6-4-8-25-12)18-15(9-13-5-3-7-16(23)17(13)30-18)22(2,24)31-21-19-20(27-10-26-19)28-11-29-21/h3-11H,1-2H3,(H2,26,27,28,29,31). The molecule has 5 aromatic rings. The quantitative estimate of drug-likeness (QED) is 0.174. The fraction of sp³-hybridized carbons (Fsp3) is 0.136. The number of fused-ring (bicyclic) bond motifs is 2. The van der Waals surface area contributed by atoms with E-state index in [4.69, 9.17) is 16.6 Å². The van der Waals surface area contributed by atoms with Crippen LogP contribution in [0.15, 0.2) is 55.2 Å². The molecule has 0 saturated carbocycles. The Morgan fingerprint density at radius 1 is 1.10 bits per heavy atom. The maximum Gasteiger partial charge on any atom is 0.182 e. The number of aromatic nitrogens is 6. The van der Waals surface area contributed by atoms with Crippen LogP contribution in [-0.4, -0.2) is 29.9 Å². The first-order valence-electron chi connectivity index (χ1n) is 9.57. The molecule has 7 nitrogen and oxygen atoms in total. The van der Waals surface area contributed by atoms with Crippen LogP contribution < -0.4 is 5.32 Å². The lowest BCUT2D eigenvalue weighted by Crippen LogP contribution is -2.26. The van der Waals surface area contributed by atoms with Crippen LogP contribution in [0.2, 0.25) is 5.02 Å². The highest BCUT2D eigenvalue weighted by atomic mass is 127. The number of aryl methyl sites for hydroxylation is 1. The number of nitrogens with one attached hydrogen (secondary N) is 2. The Balaban J connectivity index is 1.73. The maximum atomic E-state index is 6.48. The number of alkyl halides is 1. The van der Waals surface area contributed by atoms with Gasteiger partial charge in [0.2, 0.25) is 0 Å². The van der Waals surface area contributed by atoms with Gasteiger partial charge < -0.3 is 10.3 Å². The van der Waals surface area contributed by atoms with E-state index in [0.29, 0.717) is 16.5 Å². The average molecular weight is 542 g/mol. The third-order valence-corrected chi connectivity index (χ3v) is 6.30. The second-order valence-corrected chi connectivity index (χ2v) is 9.85. The monoisotopic (exact) mass is 541 g/mol. The zero-order chi connectivity index (χ0) is 21.6. The molecule has 0 aliphatic rings. The van der Waals surface area contributed by atoms with Crippen molar-refractivity contribution in [3.63, 3.8) is 0 Å². The van der Waals surface area contributed by atoms with Crippen molar-refractivity contribution in [3.8, 4) is 11.3 Å². The van der Waals surface area contributed by atoms with Gasteiger partial charge >= 0.3 is 0 Å². The van der Waals surface area contributed by atoms with Gasteiger partial charge in [-0.1, -0.05) is 23.7 Å². The number of H-pyrrole nitrogens is 1. The lowest BCUT2D eigenvalue weighted by molar-refractivity contribution is 0.836. The van der Waals surface area contributed by atoms with Gasteiger partial charge in [-0.25, -0.2) is 19.9 Å². The van der Waals surface area contributed by atoms with E-state index in [-0.39, 0.29) is 0 Å². The van der Waals surface area contributed by atoms with Gasteiger partial charge in [-0.05, 0) is 60.7 Å². The number of hydrogen-bond donors (Lipinski definition) is 2. The van der Waals surface area contributed by atoms with E-state index in [1.54, 1.807) is 12.5 Å². The molecule has 0 bridgehead atoms. The predicted octanol–water partition coefficient (Wildman–Crippen LogP) is 5.64. The van der Waals surface area contributed by atoms with Crippen LogP contribution in [0.3, 0.4) is 0 Å². The molecule has 31 heavy (non-hydrogen) atoms. The van der Waals surface area contributed by atoms with Gasteiger partial charge in [0.1, 0.15) is 15.4 Å². The second-order valence-electron chi connectivity index (χ2n) is 7.28. The van der Waals surface area contributed by atoms with Crippen LogP contribution >= 0.6 is 34.2 Å². The molecular weight excluding hydrogens is 525 g/mol. The van der Waals surface area contributed by atoms with Crippen LogP contribution in [0.25, 0.3) is 33.3 Å². The summed E-state index contributed by atoms with van der Waals surface area (Å²) < 4.78 is -0.564. The first-order valence-corrected chi connectivity index (χ1v) is 11.0. The third-order valence-electron chi connectivity index (χ3n) is 5.14. The summed E-state index contributed by atoms with van der Waals surface area (Å²) in [6, 6.07) is 11.9. The van der Waals surface area contributed by atoms with E-state index >= 15 is 0 Å². The molecule has 0 aliphatic carbocycles. The summed E-state index contributed by atoms with van der Waals surface area (Å²) in [5.41, 5.74) is 5.79. The van der Waals surface area contributed by atoms with Crippen LogP contribution in [0.5, 0.6) is 0 Å². The molecule has 0 fully saturated rings. The lowest BCUT2D eigenvalue weighted by Gasteiger charge is -2.28. The Kier molecular flexibility index (Phi) is 4.98. The number of aromatic amines is 1. The van der Waals surface area contributed by atoms with E-state index in [1.165, 1.54) is 6.33 Å².